The molecule has 26 heavy (non-hydrogen) atoms. The van der Waals surface area contributed by atoms with E-state index in [1.54, 1.807) is 24.3 Å². The Labute approximate surface area is 148 Å². The lowest BCUT2D eigenvalue weighted by atomic mass is 10.3. The predicted octanol–water partition coefficient (Wildman–Crippen LogP) is 2.50. The molecule has 0 atom stereocenters. The van der Waals surface area contributed by atoms with Gasteiger partial charge in [0, 0.05) is 18.0 Å². The fraction of sp³-hybridized carbons (Fsp3) is 0.176. The zero-order valence-corrected chi connectivity index (χ0v) is 14.6. The van der Waals surface area contributed by atoms with Crippen LogP contribution < -0.4 is 5.32 Å². The number of imidazole rings is 1. The van der Waals surface area contributed by atoms with Gasteiger partial charge in [0.25, 0.3) is 0 Å². The highest BCUT2D eigenvalue weighted by Gasteiger charge is 2.17. The molecule has 0 bridgehead atoms. The summed E-state index contributed by atoms with van der Waals surface area (Å²) in [5.74, 6) is -2.70. The van der Waals surface area contributed by atoms with Gasteiger partial charge in [0.1, 0.15) is 18.1 Å². The van der Waals surface area contributed by atoms with Gasteiger partial charge in [-0.15, -0.1) is 0 Å². The summed E-state index contributed by atoms with van der Waals surface area (Å²) < 4.78 is 51.0. The van der Waals surface area contributed by atoms with Crippen LogP contribution in [0.3, 0.4) is 0 Å². The van der Waals surface area contributed by atoms with Gasteiger partial charge in [0.2, 0.25) is 5.91 Å². The normalized spacial score (nSPS) is 11.7. The Morgan fingerprint density at radius 1 is 1.15 bits per heavy atom. The minimum Gasteiger partial charge on any atom is -0.324 e. The van der Waals surface area contributed by atoms with Crippen LogP contribution in [-0.2, 0) is 26.9 Å². The van der Waals surface area contributed by atoms with E-state index in [1.807, 2.05) is 0 Å². The molecule has 1 heterocycles. The Bertz CT molecular complexity index is 1090. The monoisotopic (exact) mass is 379 g/mol. The molecule has 0 spiro atoms. The van der Waals surface area contributed by atoms with E-state index in [1.165, 1.54) is 10.6 Å². The fourth-order valence-electron chi connectivity index (χ4n) is 2.56. The van der Waals surface area contributed by atoms with Gasteiger partial charge in [0.05, 0.1) is 11.0 Å². The number of para-hydroxylation sites is 2. The van der Waals surface area contributed by atoms with Gasteiger partial charge in [0.15, 0.2) is 21.5 Å². The van der Waals surface area contributed by atoms with Crippen molar-refractivity contribution in [3.63, 3.8) is 0 Å². The lowest BCUT2D eigenvalue weighted by molar-refractivity contribution is -0.116. The summed E-state index contributed by atoms with van der Waals surface area (Å²) in [6.07, 6.45) is 1.08. The topological polar surface area (TPSA) is 81.1 Å². The summed E-state index contributed by atoms with van der Waals surface area (Å²) in [5, 5.41) is 2.46. The molecule has 1 amide bonds. The lowest BCUT2D eigenvalue weighted by Gasteiger charge is -2.10. The highest BCUT2D eigenvalue weighted by atomic mass is 32.2. The number of anilines is 1. The molecule has 3 rings (SSSR count). The maximum absolute atomic E-state index is 13.3. The van der Waals surface area contributed by atoms with Crippen molar-refractivity contribution in [1.29, 1.82) is 0 Å². The van der Waals surface area contributed by atoms with Gasteiger partial charge >= 0.3 is 0 Å². The third-order valence-corrected chi connectivity index (χ3v) is 4.41. The second-order valence-electron chi connectivity index (χ2n) is 5.85. The molecule has 0 saturated carbocycles. The van der Waals surface area contributed by atoms with Gasteiger partial charge in [-0.1, -0.05) is 12.1 Å². The zero-order chi connectivity index (χ0) is 18.9. The number of halogens is 2. The first-order chi connectivity index (χ1) is 12.2. The van der Waals surface area contributed by atoms with Crippen LogP contribution >= 0.6 is 0 Å². The van der Waals surface area contributed by atoms with Crippen molar-refractivity contribution in [3.05, 3.63) is 59.9 Å². The molecule has 0 aliphatic heterocycles. The second kappa shape index (κ2) is 6.83. The molecule has 0 saturated heterocycles. The van der Waals surface area contributed by atoms with Gasteiger partial charge in [-0.25, -0.2) is 22.2 Å². The van der Waals surface area contributed by atoms with E-state index in [2.05, 4.69) is 10.3 Å². The van der Waals surface area contributed by atoms with Crippen LogP contribution in [0.2, 0.25) is 0 Å². The minimum absolute atomic E-state index is 0.1000. The highest BCUT2D eigenvalue weighted by molar-refractivity contribution is 7.89. The molecule has 0 aliphatic rings. The summed E-state index contributed by atoms with van der Waals surface area (Å²) in [7, 11) is -3.36. The molecule has 6 nitrogen and oxygen atoms in total. The Balaban J connectivity index is 1.90. The van der Waals surface area contributed by atoms with E-state index in [0.29, 0.717) is 11.0 Å². The Morgan fingerprint density at radius 2 is 1.88 bits per heavy atom. The molecule has 1 aromatic heterocycles. The SMILES string of the molecule is CS(=O)(=O)Cc1nc2ccccc2n1CC(=O)Nc1ccc(F)c(F)c1. The van der Waals surface area contributed by atoms with E-state index in [4.69, 9.17) is 0 Å². The minimum atomic E-state index is -3.36. The van der Waals surface area contributed by atoms with E-state index >= 15 is 0 Å². The third-order valence-electron chi connectivity index (χ3n) is 3.63. The molecule has 0 aliphatic carbocycles. The number of carbonyl (C=O) groups excluding carboxylic acids is 1. The van der Waals surface area contributed by atoms with Gasteiger partial charge in [-0.05, 0) is 24.3 Å². The van der Waals surface area contributed by atoms with Crippen LogP contribution in [0.1, 0.15) is 5.82 Å². The van der Waals surface area contributed by atoms with Crippen molar-refractivity contribution in [2.24, 2.45) is 0 Å². The van der Waals surface area contributed by atoms with Crippen LogP contribution in [-0.4, -0.2) is 30.1 Å². The number of amides is 1. The maximum Gasteiger partial charge on any atom is 0.244 e. The average Bonchev–Trinajstić information content (AvgIpc) is 2.86. The van der Waals surface area contributed by atoms with Crippen molar-refractivity contribution < 1.29 is 22.0 Å². The number of benzene rings is 2. The summed E-state index contributed by atoms with van der Waals surface area (Å²) in [5.41, 5.74) is 1.27. The van der Waals surface area contributed by atoms with Gasteiger partial charge in [-0.2, -0.15) is 0 Å². The molecular weight excluding hydrogens is 364 g/mol. The van der Waals surface area contributed by atoms with Crippen LogP contribution in [0.25, 0.3) is 11.0 Å². The van der Waals surface area contributed by atoms with Gasteiger partial charge in [-0.3, -0.25) is 4.79 Å². The molecule has 136 valence electrons. The van der Waals surface area contributed by atoms with Crippen LogP contribution in [0.4, 0.5) is 14.5 Å². The van der Waals surface area contributed by atoms with Gasteiger partial charge < -0.3 is 9.88 Å². The van der Waals surface area contributed by atoms with Crippen molar-refractivity contribution in [1.82, 2.24) is 9.55 Å². The number of aromatic nitrogens is 2. The molecule has 2 aromatic carbocycles. The van der Waals surface area contributed by atoms with Crippen LogP contribution in [0.5, 0.6) is 0 Å². The van der Waals surface area contributed by atoms with Crippen molar-refractivity contribution in [3.8, 4) is 0 Å². The Hall–Kier alpha value is -2.81. The zero-order valence-electron chi connectivity index (χ0n) is 13.7. The Kier molecular flexibility index (Phi) is 4.73. The predicted molar refractivity (Wildman–Crippen MR) is 93.3 cm³/mol. The molecule has 0 fully saturated rings. The summed E-state index contributed by atoms with van der Waals surface area (Å²) in [6.45, 7) is -0.218. The first-order valence-corrected chi connectivity index (χ1v) is 9.66. The van der Waals surface area contributed by atoms with Crippen LogP contribution in [0.15, 0.2) is 42.5 Å². The molecule has 0 unspecified atom stereocenters. The summed E-state index contributed by atoms with van der Waals surface area (Å²) in [6, 6.07) is 9.95. The third kappa shape index (κ3) is 4.05. The molecule has 1 N–H and O–H groups in total. The number of sulfone groups is 1. The number of rotatable bonds is 5. The summed E-state index contributed by atoms with van der Waals surface area (Å²) >= 11 is 0. The molecule has 3 aromatic rings. The Morgan fingerprint density at radius 3 is 2.58 bits per heavy atom. The van der Waals surface area contributed by atoms with E-state index in [0.717, 1.165) is 18.4 Å². The number of nitrogens with zero attached hydrogens (tertiary/aromatic N) is 2. The number of hydrogen-bond donors (Lipinski definition) is 1. The number of carbonyl (C=O) groups is 1. The van der Waals surface area contributed by atoms with Crippen LogP contribution in [0, 0.1) is 11.6 Å². The molecule has 9 heteroatoms. The number of hydrogen-bond acceptors (Lipinski definition) is 4. The number of fused-ring (bicyclic) bond motifs is 1. The van der Waals surface area contributed by atoms with Crippen molar-refractivity contribution in [2.45, 2.75) is 12.3 Å². The molecule has 0 radical (unpaired) electrons. The van der Waals surface area contributed by atoms with E-state index in [-0.39, 0.29) is 23.8 Å². The summed E-state index contributed by atoms with van der Waals surface area (Å²) in [4.78, 5) is 16.6. The molecular formula is C17H15F2N3O3S. The van der Waals surface area contributed by atoms with Crippen molar-refractivity contribution in [2.75, 3.05) is 11.6 Å². The van der Waals surface area contributed by atoms with Crippen molar-refractivity contribution >= 4 is 32.5 Å². The van der Waals surface area contributed by atoms with E-state index in [9.17, 15) is 22.0 Å². The second-order valence-corrected chi connectivity index (χ2v) is 7.99. The average molecular weight is 379 g/mol. The lowest BCUT2D eigenvalue weighted by Crippen LogP contribution is -2.21. The smallest absolute Gasteiger partial charge is 0.244 e. The first kappa shape index (κ1) is 18.0. The number of nitrogens with one attached hydrogen (secondary N) is 1. The standard InChI is InChI=1S/C17H15F2N3O3S/c1-26(24,25)10-16-21-14-4-2-3-5-15(14)22(16)9-17(23)20-11-6-7-12(18)13(19)8-11/h2-8H,9-10H2,1H3,(H,20,23). The van der Waals surface area contributed by atoms with E-state index < -0.39 is 27.4 Å². The first-order valence-electron chi connectivity index (χ1n) is 7.60. The largest absolute Gasteiger partial charge is 0.324 e. The fourth-order valence-corrected chi connectivity index (χ4v) is 3.25. The maximum atomic E-state index is 13.3. The quantitative estimate of drug-likeness (QED) is 0.739. The highest BCUT2D eigenvalue weighted by Crippen LogP contribution is 2.18.